The van der Waals surface area contributed by atoms with Crippen LogP contribution in [0.5, 0.6) is 0 Å². The van der Waals surface area contributed by atoms with Gasteiger partial charge in [0.1, 0.15) is 0 Å². The molecule has 2 unspecified atom stereocenters. The van der Waals surface area contributed by atoms with E-state index in [9.17, 15) is 4.79 Å². The van der Waals surface area contributed by atoms with E-state index in [1.807, 2.05) is 13.8 Å². The first-order chi connectivity index (χ1) is 8.34. The fourth-order valence-corrected chi connectivity index (χ4v) is 2.54. The number of amides is 1. The molecule has 0 aromatic heterocycles. The molecule has 2 N–H and O–H groups in total. The summed E-state index contributed by atoms with van der Waals surface area (Å²) in [5.41, 5.74) is 0.464. The monoisotopic (exact) mass is 255 g/mol. The molecule has 2 atom stereocenters. The van der Waals surface area contributed by atoms with Gasteiger partial charge in [0.25, 0.3) is 0 Å². The molecule has 1 rings (SSSR count). The van der Waals surface area contributed by atoms with E-state index in [1.54, 1.807) is 0 Å². The van der Waals surface area contributed by atoms with E-state index in [1.165, 1.54) is 25.7 Å². The molecule has 0 bridgehead atoms. The zero-order valence-corrected chi connectivity index (χ0v) is 12.3. The van der Waals surface area contributed by atoms with Gasteiger partial charge in [-0.2, -0.15) is 0 Å². The van der Waals surface area contributed by atoms with Crippen LogP contribution in [0, 0.1) is 17.3 Å². The third-order valence-corrected chi connectivity index (χ3v) is 4.46. The van der Waals surface area contributed by atoms with Crippen LogP contribution < -0.4 is 5.32 Å². The van der Waals surface area contributed by atoms with Crippen LogP contribution in [0.1, 0.15) is 59.8 Å². The summed E-state index contributed by atoms with van der Waals surface area (Å²) in [5.74, 6) is 0.821. The van der Waals surface area contributed by atoms with Gasteiger partial charge < -0.3 is 10.4 Å². The average molecular weight is 255 g/mol. The first-order valence-corrected chi connectivity index (χ1v) is 7.24. The molecule has 1 fully saturated rings. The summed E-state index contributed by atoms with van der Waals surface area (Å²) in [6.07, 6.45) is 5.45. The predicted molar refractivity (Wildman–Crippen MR) is 74.2 cm³/mol. The highest BCUT2D eigenvalue weighted by Crippen LogP contribution is 2.39. The van der Waals surface area contributed by atoms with Crippen LogP contribution in [0.15, 0.2) is 0 Å². The highest BCUT2D eigenvalue weighted by Gasteiger charge is 2.28. The fraction of sp³-hybridized carbons (Fsp3) is 0.933. The van der Waals surface area contributed by atoms with Crippen LogP contribution in [0.25, 0.3) is 0 Å². The minimum Gasteiger partial charge on any atom is -0.396 e. The largest absolute Gasteiger partial charge is 0.396 e. The Balaban J connectivity index is 2.29. The molecule has 3 heteroatoms. The fourth-order valence-electron chi connectivity index (χ4n) is 2.54. The molecule has 0 saturated heterocycles. The van der Waals surface area contributed by atoms with Crippen molar-refractivity contribution >= 4 is 5.91 Å². The number of aliphatic hydroxyl groups excluding tert-OH is 1. The maximum atomic E-state index is 11.9. The van der Waals surface area contributed by atoms with E-state index in [0.717, 1.165) is 0 Å². The van der Waals surface area contributed by atoms with Crippen LogP contribution in [0.2, 0.25) is 0 Å². The Labute approximate surface area is 111 Å². The zero-order chi connectivity index (χ0) is 13.8. The van der Waals surface area contributed by atoms with Crippen LogP contribution >= 0.6 is 0 Å². The quantitative estimate of drug-likeness (QED) is 0.793. The molecule has 0 spiro atoms. The number of carbonyl (C=O) groups is 1. The Kier molecular flexibility index (Phi) is 5.64. The number of rotatable bonds is 5. The van der Waals surface area contributed by atoms with Crippen molar-refractivity contribution in [3.63, 3.8) is 0 Å². The van der Waals surface area contributed by atoms with Crippen molar-refractivity contribution in [3.05, 3.63) is 0 Å². The van der Waals surface area contributed by atoms with Gasteiger partial charge in [-0.3, -0.25) is 4.79 Å². The second-order valence-corrected chi connectivity index (χ2v) is 6.83. The lowest BCUT2D eigenvalue weighted by Gasteiger charge is -2.34. The van der Waals surface area contributed by atoms with Crippen molar-refractivity contribution in [3.8, 4) is 0 Å². The van der Waals surface area contributed by atoms with Gasteiger partial charge in [0, 0.05) is 19.1 Å². The summed E-state index contributed by atoms with van der Waals surface area (Å²) >= 11 is 0. The van der Waals surface area contributed by atoms with Crippen LogP contribution in [-0.2, 0) is 4.79 Å². The SMILES string of the molecule is CC(CO)C(C)NC(=O)CC1CCC(C)(C)CC1. The highest BCUT2D eigenvalue weighted by molar-refractivity contribution is 5.76. The maximum Gasteiger partial charge on any atom is 0.220 e. The number of hydrogen-bond donors (Lipinski definition) is 2. The third-order valence-electron chi connectivity index (χ3n) is 4.46. The Hall–Kier alpha value is -0.570. The third kappa shape index (κ3) is 4.97. The Morgan fingerprint density at radius 3 is 2.39 bits per heavy atom. The summed E-state index contributed by atoms with van der Waals surface area (Å²) in [6, 6.07) is 0.0579. The van der Waals surface area contributed by atoms with Gasteiger partial charge >= 0.3 is 0 Å². The molecular formula is C15H29NO2. The standard InChI is InChI=1S/C15H29NO2/c1-11(10-17)12(2)16-14(18)9-13-5-7-15(3,4)8-6-13/h11-13,17H,5-10H2,1-4H3,(H,16,18). The van der Waals surface area contributed by atoms with Crippen molar-refractivity contribution in [2.45, 2.75) is 65.8 Å². The van der Waals surface area contributed by atoms with Crippen molar-refractivity contribution < 1.29 is 9.90 Å². The van der Waals surface area contributed by atoms with E-state index >= 15 is 0 Å². The van der Waals surface area contributed by atoms with Crippen LogP contribution in [0.4, 0.5) is 0 Å². The summed E-state index contributed by atoms with van der Waals surface area (Å²) in [6.45, 7) is 8.67. The highest BCUT2D eigenvalue weighted by atomic mass is 16.3. The van der Waals surface area contributed by atoms with E-state index in [-0.39, 0.29) is 24.5 Å². The topological polar surface area (TPSA) is 49.3 Å². The van der Waals surface area contributed by atoms with Crippen molar-refractivity contribution in [2.24, 2.45) is 17.3 Å². The lowest BCUT2D eigenvalue weighted by Crippen LogP contribution is -2.39. The smallest absolute Gasteiger partial charge is 0.220 e. The predicted octanol–water partition coefficient (Wildman–Crippen LogP) is 2.73. The summed E-state index contributed by atoms with van der Waals surface area (Å²) in [5, 5.41) is 12.0. The van der Waals surface area contributed by atoms with Gasteiger partial charge in [-0.1, -0.05) is 20.8 Å². The van der Waals surface area contributed by atoms with E-state index in [4.69, 9.17) is 5.11 Å². The van der Waals surface area contributed by atoms with E-state index in [0.29, 0.717) is 17.8 Å². The van der Waals surface area contributed by atoms with Crippen molar-refractivity contribution in [1.29, 1.82) is 0 Å². The molecule has 18 heavy (non-hydrogen) atoms. The van der Waals surface area contributed by atoms with Crippen molar-refractivity contribution in [2.75, 3.05) is 6.61 Å². The van der Waals surface area contributed by atoms with E-state index < -0.39 is 0 Å². The molecular weight excluding hydrogens is 226 g/mol. The normalized spacial score (nSPS) is 23.4. The minimum atomic E-state index is 0.0579. The molecule has 0 radical (unpaired) electrons. The van der Waals surface area contributed by atoms with Gasteiger partial charge in [0.05, 0.1) is 0 Å². The molecule has 0 aromatic carbocycles. The number of nitrogens with one attached hydrogen (secondary N) is 1. The lowest BCUT2D eigenvalue weighted by molar-refractivity contribution is -0.123. The average Bonchev–Trinajstić information content (AvgIpc) is 2.30. The van der Waals surface area contributed by atoms with Gasteiger partial charge in [0.2, 0.25) is 5.91 Å². The Morgan fingerprint density at radius 2 is 1.89 bits per heavy atom. The maximum absolute atomic E-state index is 11.9. The first kappa shape index (κ1) is 15.5. The number of aliphatic hydroxyl groups is 1. The molecule has 1 saturated carbocycles. The molecule has 3 nitrogen and oxygen atoms in total. The molecule has 106 valence electrons. The Bertz CT molecular complexity index is 266. The first-order valence-electron chi connectivity index (χ1n) is 7.24. The number of hydrogen-bond acceptors (Lipinski definition) is 2. The summed E-state index contributed by atoms with van der Waals surface area (Å²) < 4.78 is 0. The van der Waals surface area contributed by atoms with Crippen LogP contribution in [-0.4, -0.2) is 23.7 Å². The lowest BCUT2D eigenvalue weighted by atomic mass is 9.72. The zero-order valence-electron chi connectivity index (χ0n) is 12.3. The summed E-state index contributed by atoms with van der Waals surface area (Å²) in [7, 11) is 0. The molecule has 1 aliphatic carbocycles. The van der Waals surface area contributed by atoms with Crippen molar-refractivity contribution in [1.82, 2.24) is 5.32 Å². The van der Waals surface area contributed by atoms with Crippen LogP contribution in [0.3, 0.4) is 0 Å². The summed E-state index contributed by atoms with van der Waals surface area (Å²) in [4.78, 5) is 11.9. The number of carbonyl (C=O) groups excluding carboxylic acids is 1. The Morgan fingerprint density at radius 1 is 1.33 bits per heavy atom. The molecule has 0 aliphatic heterocycles. The molecule has 1 aliphatic rings. The molecule has 1 amide bonds. The van der Waals surface area contributed by atoms with Gasteiger partial charge in [-0.25, -0.2) is 0 Å². The van der Waals surface area contributed by atoms with Gasteiger partial charge in [-0.15, -0.1) is 0 Å². The second-order valence-electron chi connectivity index (χ2n) is 6.83. The van der Waals surface area contributed by atoms with E-state index in [2.05, 4.69) is 19.2 Å². The minimum absolute atomic E-state index is 0.0579. The van der Waals surface area contributed by atoms with Gasteiger partial charge in [-0.05, 0) is 49.9 Å². The molecule has 0 aromatic rings. The van der Waals surface area contributed by atoms with Gasteiger partial charge in [0.15, 0.2) is 0 Å². The molecule has 0 heterocycles. The second kappa shape index (κ2) is 6.55.